The molecule has 0 radical (unpaired) electrons. The summed E-state index contributed by atoms with van der Waals surface area (Å²) in [5, 5.41) is 22.0. The van der Waals surface area contributed by atoms with E-state index in [1.807, 2.05) is 0 Å². The fourth-order valence-corrected chi connectivity index (χ4v) is 1.76. The van der Waals surface area contributed by atoms with Gasteiger partial charge in [0.25, 0.3) is 0 Å². The van der Waals surface area contributed by atoms with Gasteiger partial charge in [0.1, 0.15) is 17.5 Å². The number of hydrogen-bond donors (Lipinski definition) is 2. The van der Waals surface area contributed by atoms with Crippen molar-refractivity contribution in [2.45, 2.75) is 19.3 Å². The third-order valence-electron chi connectivity index (χ3n) is 2.86. The number of phenolic OH excluding ortho intramolecular Hbond substituents is 1. The van der Waals surface area contributed by atoms with Crippen molar-refractivity contribution in [3.05, 3.63) is 30.6 Å². The van der Waals surface area contributed by atoms with Crippen LogP contribution in [-0.4, -0.2) is 32.3 Å². The predicted molar refractivity (Wildman–Crippen MR) is 68.4 cm³/mol. The molecule has 22 heavy (non-hydrogen) atoms. The largest absolute Gasteiger partial charge is 0.573 e. The molecule has 0 aliphatic heterocycles. The zero-order valence-corrected chi connectivity index (χ0v) is 11.2. The van der Waals surface area contributed by atoms with E-state index >= 15 is 0 Å². The average molecular weight is 316 g/mol. The highest BCUT2D eigenvalue weighted by Gasteiger charge is 2.32. The zero-order valence-electron chi connectivity index (χ0n) is 11.2. The van der Waals surface area contributed by atoms with E-state index in [4.69, 9.17) is 5.11 Å². The number of aromatic nitrogens is 2. The van der Waals surface area contributed by atoms with Crippen LogP contribution in [0, 0.1) is 0 Å². The van der Waals surface area contributed by atoms with Crippen molar-refractivity contribution in [2.75, 3.05) is 0 Å². The lowest BCUT2D eigenvalue weighted by atomic mass is 10.1. The molecular weight excluding hydrogens is 305 g/mol. The maximum absolute atomic E-state index is 12.4. The molecule has 9 heteroatoms. The van der Waals surface area contributed by atoms with Gasteiger partial charge in [-0.25, -0.2) is 4.79 Å². The molecule has 1 aromatic carbocycles. The standard InChI is InChI=1S/C13H11F3N2O4/c1-7(12(20)21)18-6-8(5-17-18)10-3-2-9(19)4-11(10)22-13(14,15)16/h2-7,19H,1H3,(H,20,21). The molecule has 0 spiro atoms. The van der Waals surface area contributed by atoms with E-state index in [1.165, 1.54) is 31.5 Å². The minimum absolute atomic E-state index is 0.0268. The number of aliphatic carboxylic acids is 1. The van der Waals surface area contributed by atoms with Crippen molar-refractivity contribution >= 4 is 5.97 Å². The summed E-state index contributed by atoms with van der Waals surface area (Å²) in [5.74, 6) is -2.13. The summed E-state index contributed by atoms with van der Waals surface area (Å²) < 4.78 is 42.2. The molecule has 1 atom stereocenters. The first-order valence-corrected chi connectivity index (χ1v) is 6.03. The number of phenols is 1. The fourth-order valence-electron chi connectivity index (χ4n) is 1.76. The molecule has 6 nitrogen and oxygen atoms in total. The second kappa shape index (κ2) is 5.58. The van der Waals surface area contributed by atoms with E-state index < -0.39 is 29.9 Å². The van der Waals surface area contributed by atoms with Crippen molar-refractivity contribution in [1.29, 1.82) is 0 Å². The number of halogens is 3. The van der Waals surface area contributed by atoms with Gasteiger partial charge < -0.3 is 14.9 Å². The molecule has 0 saturated heterocycles. The molecule has 2 N–H and O–H groups in total. The van der Waals surface area contributed by atoms with E-state index in [2.05, 4.69) is 9.84 Å². The normalized spacial score (nSPS) is 12.9. The SMILES string of the molecule is CC(C(=O)O)n1cc(-c2ccc(O)cc2OC(F)(F)F)cn1. The number of hydrogen-bond acceptors (Lipinski definition) is 4. The van der Waals surface area contributed by atoms with Gasteiger partial charge in [0, 0.05) is 23.4 Å². The van der Waals surface area contributed by atoms with Crippen molar-refractivity contribution in [2.24, 2.45) is 0 Å². The molecular formula is C13H11F3N2O4. The highest BCUT2D eigenvalue weighted by molar-refractivity contribution is 5.73. The van der Waals surface area contributed by atoms with Crippen molar-refractivity contribution in [3.8, 4) is 22.6 Å². The number of rotatable bonds is 4. The Morgan fingerprint density at radius 3 is 2.68 bits per heavy atom. The number of alkyl halides is 3. The van der Waals surface area contributed by atoms with E-state index in [0.717, 1.165) is 10.7 Å². The van der Waals surface area contributed by atoms with Gasteiger partial charge in [-0.15, -0.1) is 13.2 Å². The number of aromatic hydroxyl groups is 1. The molecule has 0 fully saturated rings. The number of carboxylic acid groups (broad SMARTS) is 1. The molecule has 0 amide bonds. The highest BCUT2D eigenvalue weighted by Crippen LogP contribution is 2.36. The van der Waals surface area contributed by atoms with Crippen LogP contribution in [-0.2, 0) is 4.79 Å². The summed E-state index contributed by atoms with van der Waals surface area (Å²) in [4.78, 5) is 10.9. The van der Waals surface area contributed by atoms with Crippen LogP contribution in [0.3, 0.4) is 0 Å². The molecule has 0 saturated carbocycles. The lowest BCUT2D eigenvalue weighted by Crippen LogP contribution is -2.17. The Morgan fingerprint density at radius 2 is 2.09 bits per heavy atom. The van der Waals surface area contributed by atoms with Gasteiger partial charge in [-0.05, 0) is 19.1 Å². The van der Waals surface area contributed by atoms with Gasteiger partial charge in [-0.1, -0.05) is 0 Å². The summed E-state index contributed by atoms with van der Waals surface area (Å²) in [6, 6.07) is 2.26. The minimum Gasteiger partial charge on any atom is -0.508 e. The average Bonchev–Trinajstić information content (AvgIpc) is 2.85. The van der Waals surface area contributed by atoms with Crippen LogP contribution in [0.4, 0.5) is 13.2 Å². The van der Waals surface area contributed by atoms with Crippen LogP contribution in [0.1, 0.15) is 13.0 Å². The summed E-state index contributed by atoms with van der Waals surface area (Å²) >= 11 is 0. The van der Waals surface area contributed by atoms with Crippen LogP contribution in [0.2, 0.25) is 0 Å². The van der Waals surface area contributed by atoms with Crippen LogP contribution in [0.25, 0.3) is 11.1 Å². The van der Waals surface area contributed by atoms with Crippen LogP contribution in [0.15, 0.2) is 30.6 Å². The first kappa shape index (κ1) is 15.7. The second-order valence-electron chi connectivity index (χ2n) is 4.45. The Morgan fingerprint density at radius 1 is 1.41 bits per heavy atom. The number of benzene rings is 1. The smallest absolute Gasteiger partial charge is 0.508 e. The van der Waals surface area contributed by atoms with E-state index in [-0.39, 0.29) is 11.1 Å². The quantitative estimate of drug-likeness (QED) is 0.906. The van der Waals surface area contributed by atoms with Gasteiger partial charge in [0.15, 0.2) is 0 Å². The van der Waals surface area contributed by atoms with Gasteiger partial charge in [0.05, 0.1) is 6.20 Å². The molecule has 2 aromatic rings. The maximum Gasteiger partial charge on any atom is 0.573 e. The van der Waals surface area contributed by atoms with Gasteiger partial charge >= 0.3 is 12.3 Å². The predicted octanol–water partition coefficient (Wildman–Crippen LogP) is 2.80. The van der Waals surface area contributed by atoms with E-state index in [0.29, 0.717) is 0 Å². The fraction of sp³-hybridized carbons (Fsp3) is 0.231. The summed E-state index contributed by atoms with van der Waals surface area (Å²) in [7, 11) is 0. The molecule has 118 valence electrons. The highest BCUT2D eigenvalue weighted by atomic mass is 19.4. The summed E-state index contributed by atoms with van der Waals surface area (Å²) in [6.45, 7) is 1.38. The van der Waals surface area contributed by atoms with Crippen molar-refractivity contribution in [1.82, 2.24) is 9.78 Å². The Balaban J connectivity index is 2.42. The Kier molecular flexibility index (Phi) is 3.98. The Labute approximate surface area is 122 Å². The lowest BCUT2D eigenvalue weighted by molar-refractivity contribution is -0.274. The van der Waals surface area contributed by atoms with Gasteiger partial charge in [-0.2, -0.15) is 5.10 Å². The molecule has 0 bridgehead atoms. The van der Waals surface area contributed by atoms with Crippen LogP contribution < -0.4 is 4.74 Å². The van der Waals surface area contributed by atoms with Crippen LogP contribution >= 0.6 is 0 Å². The molecule has 2 rings (SSSR count). The topological polar surface area (TPSA) is 84.6 Å². The van der Waals surface area contributed by atoms with Crippen LogP contribution in [0.5, 0.6) is 11.5 Å². The number of nitrogens with zero attached hydrogens (tertiary/aromatic N) is 2. The van der Waals surface area contributed by atoms with Crippen molar-refractivity contribution < 1.29 is 32.9 Å². The van der Waals surface area contributed by atoms with Gasteiger partial charge in [-0.3, -0.25) is 4.68 Å². The molecule has 0 aliphatic rings. The number of ether oxygens (including phenoxy) is 1. The zero-order chi connectivity index (χ0) is 16.5. The second-order valence-corrected chi connectivity index (χ2v) is 4.45. The molecule has 1 heterocycles. The number of carboxylic acids is 1. The number of carbonyl (C=O) groups is 1. The molecule has 1 unspecified atom stereocenters. The van der Waals surface area contributed by atoms with Crippen molar-refractivity contribution in [3.63, 3.8) is 0 Å². The first-order chi connectivity index (χ1) is 10.2. The Hall–Kier alpha value is -2.71. The minimum atomic E-state index is -4.92. The molecule has 0 aliphatic carbocycles. The summed E-state index contributed by atoms with van der Waals surface area (Å²) in [6.07, 6.45) is -2.42. The first-order valence-electron chi connectivity index (χ1n) is 6.03. The summed E-state index contributed by atoms with van der Waals surface area (Å²) in [5.41, 5.74) is 0.256. The van der Waals surface area contributed by atoms with Gasteiger partial charge in [0.2, 0.25) is 0 Å². The third kappa shape index (κ3) is 3.48. The lowest BCUT2D eigenvalue weighted by Gasteiger charge is -2.12. The van der Waals surface area contributed by atoms with E-state index in [1.54, 1.807) is 0 Å². The Bertz CT molecular complexity index is 697. The molecule has 1 aromatic heterocycles. The maximum atomic E-state index is 12.4. The third-order valence-corrected chi connectivity index (χ3v) is 2.86. The van der Waals surface area contributed by atoms with E-state index in [9.17, 15) is 23.1 Å². The monoisotopic (exact) mass is 316 g/mol.